The van der Waals surface area contributed by atoms with Crippen LogP contribution < -0.4 is 11.1 Å². The van der Waals surface area contributed by atoms with Gasteiger partial charge in [-0.15, -0.1) is 0 Å². The minimum absolute atomic E-state index is 0.0393. The maximum atomic E-state index is 13.3. The van der Waals surface area contributed by atoms with Crippen molar-refractivity contribution in [2.45, 2.75) is 6.42 Å². The molecule has 9 heteroatoms. The average molecular weight is 424 g/mol. The van der Waals surface area contributed by atoms with E-state index in [0.29, 0.717) is 33.1 Å². The Hall–Kier alpha value is -3.78. The SMILES string of the molecule is Nc1nccc(-c2c(-c3ccc(F)cc3)noc2NC(=O)Cc2ccccc2Cl)n1. The first-order valence-electron chi connectivity index (χ1n) is 8.89. The molecule has 0 bridgehead atoms. The van der Waals surface area contributed by atoms with E-state index in [-0.39, 0.29) is 30.0 Å². The number of nitrogens with two attached hydrogens (primary N) is 1. The minimum Gasteiger partial charge on any atom is -0.368 e. The van der Waals surface area contributed by atoms with Crippen LogP contribution in [0.4, 0.5) is 16.2 Å². The highest BCUT2D eigenvalue weighted by Crippen LogP contribution is 2.37. The minimum atomic E-state index is -0.386. The van der Waals surface area contributed by atoms with Crippen molar-refractivity contribution >= 4 is 29.3 Å². The molecule has 0 saturated carbocycles. The molecule has 0 atom stereocenters. The standard InChI is InChI=1S/C21H15ClFN5O2/c22-15-4-2-1-3-13(15)11-17(29)27-20-18(16-9-10-25-21(24)26-16)19(28-30-20)12-5-7-14(23)8-6-12/h1-10H,11H2,(H,27,29)(H2,24,25,26). The number of nitrogens with one attached hydrogen (secondary N) is 1. The van der Waals surface area contributed by atoms with Crippen molar-refractivity contribution in [1.82, 2.24) is 15.1 Å². The van der Waals surface area contributed by atoms with Crippen LogP contribution in [-0.2, 0) is 11.2 Å². The van der Waals surface area contributed by atoms with Crippen LogP contribution in [0.2, 0.25) is 5.02 Å². The zero-order valence-electron chi connectivity index (χ0n) is 15.5. The van der Waals surface area contributed by atoms with Crippen LogP contribution in [0.5, 0.6) is 0 Å². The molecular formula is C21H15ClFN5O2. The van der Waals surface area contributed by atoms with E-state index in [9.17, 15) is 9.18 Å². The molecule has 0 aliphatic rings. The van der Waals surface area contributed by atoms with Gasteiger partial charge in [0, 0.05) is 16.8 Å². The number of carbonyl (C=O) groups is 1. The van der Waals surface area contributed by atoms with Gasteiger partial charge >= 0.3 is 0 Å². The number of aromatic nitrogens is 3. The molecule has 0 aliphatic carbocycles. The largest absolute Gasteiger partial charge is 0.368 e. The second-order valence-corrected chi connectivity index (χ2v) is 6.77. The normalized spacial score (nSPS) is 10.7. The van der Waals surface area contributed by atoms with E-state index < -0.39 is 0 Å². The Kier molecular flexibility index (Phi) is 5.40. The van der Waals surface area contributed by atoms with E-state index in [1.54, 1.807) is 42.5 Å². The van der Waals surface area contributed by atoms with Crippen LogP contribution in [0, 0.1) is 5.82 Å². The summed E-state index contributed by atoms with van der Waals surface area (Å²) < 4.78 is 18.8. The summed E-state index contributed by atoms with van der Waals surface area (Å²) in [6.07, 6.45) is 1.52. The number of hydrogen-bond acceptors (Lipinski definition) is 6. The van der Waals surface area contributed by atoms with Gasteiger partial charge in [-0.1, -0.05) is 35.0 Å². The molecule has 4 rings (SSSR count). The molecule has 0 spiro atoms. The van der Waals surface area contributed by atoms with Gasteiger partial charge in [-0.25, -0.2) is 14.4 Å². The number of nitrogens with zero attached hydrogens (tertiary/aromatic N) is 3. The molecule has 0 fully saturated rings. The van der Waals surface area contributed by atoms with Crippen molar-refractivity contribution in [3.8, 4) is 22.5 Å². The molecule has 0 unspecified atom stereocenters. The number of anilines is 2. The smallest absolute Gasteiger partial charge is 0.241 e. The van der Waals surface area contributed by atoms with Gasteiger partial charge in [0.25, 0.3) is 0 Å². The Balaban J connectivity index is 1.71. The number of hydrogen-bond donors (Lipinski definition) is 2. The first-order valence-corrected chi connectivity index (χ1v) is 9.27. The molecule has 0 aliphatic heterocycles. The van der Waals surface area contributed by atoms with Crippen molar-refractivity contribution in [3.05, 3.63) is 77.2 Å². The number of benzene rings is 2. The Bertz CT molecular complexity index is 1210. The molecule has 0 saturated heterocycles. The molecule has 1 amide bonds. The number of carbonyl (C=O) groups excluding carboxylic acids is 1. The van der Waals surface area contributed by atoms with Gasteiger partial charge < -0.3 is 10.3 Å². The second kappa shape index (κ2) is 8.30. The van der Waals surface area contributed by atoms with Crippen LogP contribution in [0.15, 0.2) is 65.3 Å². The Morgan fingerprint density at radius 1 is 1.13 bits per heavy atom. The molecular weight excluding hydrogens is 409 g/mol. The Morgan fingerprint density at radius 3 is 2.63 bits per heavy atom. The highest BCUT2D eigenvalue weighted by molar-refractivity contribution is 6.31. The first kappa shape index (κ1) is 19.5. The molecule has 7 nitrogen and oxygen atoms in total. The summed E-state index contributed by atoms with van der Waals surface area (Å²) in [6, 6.07) is 14.4. The molecule has 2 aromatic heterocycles. The van der Waals surface area contributed by atoms with Crippen molar-refractivity contribution in [3.63, 3.8) is 0 Å². The zero-order valence-corrected chi connectivity index (χ0v) is 16.2. The predicted octanol–water partition coefficient (Wildman–Crippen LogP) is 4.35. The number of rotatable bonds is 5. The molecule has 150 valence electrons. The van der Waals surface area contributed by atoms with Gasteiger partial charge in [-0.2, -0.15) is 0 Å². The number of amides is 1. The van der Waals surface area contributed by atoms with Crippen molar-refractivity contribution < 1.29 is 13.7 Å². The fourth-order valence-corrected chi connectivity index (χ4v) is 3.12. The molecule has 2 aromatic carbocycles. The zero-order chi connectivity index (χ0) is 21.1. The van der Waals surface area contributed by atoms with Gasteiger partial charge in [0.05, 0.1) is 17.7 Å². The third kappa shape index (κ3) is 4.13. The van der Waals surface area contributed by atoms with E-state index in [1.165, 1.54) is 18.3 Å². The van der Waals surface area contributed by atoms with E-state index in [2.05, 4.69) is 20.4 Å². The summed E-state index contributed by atoms with van der Waals surface area (Å²) >= 11 is 6.14. The average Bonchev–Trinajstić information content (AvgIpc) is 3.13. The lowest BCUT2D eigenvalue weighted by atomic mass is 10.0. The van der Waals surface area contributed by atoms with E-state index in [4.69, 9.17) is 21.9 Å². The monoisotopic (exact) mass is 423 g/mol. The molecule has 0 radical (unpaired) electrons. The molecule has 3 N–H and O–H groups in total. The van der Waals surface area contributed by atoms with Gasteiger partial charge in [0.2, 0.25) is 17.7 Å². The Labute approximate surface area is 175 Å². The van der Waals surface area contributed by atoms with Gasteiger partial charge in [0.15, 0.2) is 0 Å². The third-order valence-electron chi connectivity index (χ3n) is 4.30. The van der Waals surface area contributed by atoms with Crippen LogP contribution in [0.25, 0.3) is 22.5 Å². The maximum Gasteiger partial charge on any atom is 0.241 e. The van der Waals surface area contributed by atoms with E-state index >= 15 is 0 Å². The van der Waals surface area contributed by atoms with Crippen molar-refractivity contribution in [2.24, 2.45) is 0 Å². The topological polar surface area (TPSA) is 107 Å². The summed E-state index contributed by atoms with van der Waals surface area (Å²) in [5.74, 6) is -0.604. The van der Waals surface area contributed by atoms with Gasteiger partial charge in [0.1, 0.15) is 11.5 Å². The van der Waals surface area contributed by atoms with Crippen LogP contribution in [0.3, 0.4) is 0 Å². The van der Waals surface area contributed by atoms with E-state index in [1.807, 2.05) is 0 Å². The lowest BCUT2D eigenvalue weighted by Gasteiger charge is -2.07. The highest BCUT2D eigenvalue weighted by Gasteiger charge is 2.23. The summed E-state index contributed by atoms with van der Waals surface area (Å²) in [5.41, 5.74) is 8.15. The maximum absolute atomic E-state index is 13.3. The molecule has 4 aromatic rings. The van der Waals surface area contributed by atoms with Crippen molar-refractivity contribution in [1.29, 1.82) is 0 Å². The molecule has 30 heavy (non-hydrogen) atoms. The summed E-state index contributed by atoms with van der Waals surface area (Å²) in [7, 11) is 0. The predicted molar refractivity (Wildman–Crippen MR) is 111 cm³/mol. The van der Waals surface area contributed by atoms with E-state index in [0.717, 1.165) is 0 Å². The summed E-state index contributed by atoms with van der Waals surface area (Å²) in [6.45, 7) is 0. The lowest BCUT2D eigenvalue weighted by molar-refractivity contribution is -0.115. The lowest BCUT2D eigenvalue weighted by Crippen LogP contribution is -2.15. The van der Waals surface area contributed by atoms with Crippen molar-refractivity contribution in [2.75, 3.05) is 11.1 Å². The third-order valence-corrected chi connectivity index (χ3v) is 4.67. The van der Waals surface area contributed by atoms with Gasteiger partial charge in [-0.3, -0.25) is 10.1 Å². The quantitative estimate of drug-likeness (QED) is 0.494. The van der Waals surface area contributed by atoms with Gasteiger partial charge in [-0.05, 0) is 42.0 Å². The fourth-order valence-electron chi connectivity index (χ4n) is 2.92. The summed E-state index contributed by atoms with van der Waals surface area (Å²) in [5, 5.41) is 7.25. The van der Waals surface area contributed by atoms with Crippen LogP contribution in [-0.4, -0.2) is 21.0 Å². The second-order valence-electron chi connectivity index (χ2n) is 6.36. The van der Waals surface area contributed by atoms with Crippen LogP contribution >= 0.6 is 11.6 Å². The van der Waals surface area contributed by atoms with Crippen LogP contribution in [0.1, 0.15) is 5.56 Å². The summed E-state index contributed by atoms with van der Waals surface area (Å²) in [4.78, 5) is 20.7. The number of nitrogen functional groups attached to an aromatic ring is 1. The highest BCUT2D eigenvalue weighted by atomic mass is 35.5. The fraction of sp³-hybridized carbons (Fsp3) is 0.0476. The first-order chi connectivity index (χ1) is 14.5. The number of halogens is 2. The Morgan fingerprint density at radius 2 is 1.90 bits per heavy atom. The molecule has 2 heterocycles.